The Bertz CT molecular complexity index is 535. The van der Waals surface area contributed by atoms with Crippen LogP contribution in [0.2, 0.25) is 0 Å². The minimum atomic E-state index is 0.580. The fourth-order valence-electron chi connectivity index (χ4n) is 7.76. The molecular formula is C42H82O2S. The van der Waals surface area contributed by atoms with Crippen LogP contribution in [0.3, 0.4) is 0 Å². The first-order valence-electron chi connectivity index (χ1n) is 21.2. The highest BCUT2D eigenvalue weighted by Crippen LogP contribution is 2.33. The van der Waals surface area contributed by atoms with Gasteiger partial charge in [0.25, 0.3) is 0 Å². The molecule has 0 aromatic rings. The summed E-state index contributed by atoms with van der Waals surface area (Å²) in [6.07, 6.45) is 49.3. The van der Waals surface area contributed by atoms with Gasteiger partial charge >= 0.3 is 0 Å². The molecule has 0 N–H and O–H groups in total. The van der Waals surface area contributed by atoms with Gasteiger partial charge < -0.3 is 9.47 Å². The zero-order valence-electron chi connectivity index (χ0n) is 31.0. The van der Waals surface area contributed by atoms with E-state index in [-0.39, 0.29) is 0 Å². The van der Waals surface area contributed by atoms with Crippen LogP contribution in [-0.2, 0) is 9.47 Å². The monoisotopic (exact) mass is 651 g/mol. The molecule has 0 aromatic carbocycles. The van der Waals surface area contributed by atoms with Crippen molar-refractivity contribution in [3.8, 4) is 0 Å². The molecule has 2 rings (SSSR count). The van der Waals surface area contributed by atoms with Gasteiger partial charge in [0.05, 0.1) is 12.2 Å². The molecule has 2 fully saturated rings. The molecule has 4 unspecified atom stereocenters. The Balaban J connectivity index is 1.71. The second-order valence-corrected chi connectivity index (χ2v) is 16.8. The molecule has 0 bridgehead atoms. The van der Waals surface area contributed by atoms with Crippen LogP contribution in [-0.4, -0.2) is 35.9 Å². The Morgan fingerprint density at radius 2 is 0.756 bits per heavy atom. The van der Waals surface area contributed by atoms with Crippen LogP contribution in [0.25, 0.3) is 0 Å². The van der Waals surface area contributed by atoms with Gasteiger partial charge in [0.1, 0.15) is 0 Å². The Kier molecular flexibility index (Phi) is 29.0. The van der Waals surface area contributed by atoms with Crippen molar-refractivity contribution in [2.45, 2.75) is 255 Å². The molecule has 4 atom stereocenters. The molecule has 2 aliphatic heterocycles. The number of rotatable bonds is 32. The third-order valence-electron chi connectivity index (χ3n) is 10.8. The summed E-state index contributed by atoms with van der Waals surface area (Å²) in [5.41, 5.74) is 0. The van der Waals surface area contributed by atoms with Gasteiger partial charge in [0, 0.05) is 23.7 Å². The lowest BCUT2D eigenvalue weighted by molar-refractivity contribution is 0.00964. The normalized spacial score (nSPS) is 20.4. The van der Waals surface area contributed by atoms with Gasteiger partial charge in [-0.1, -0.05) is 155 Å². The smallest absolute Gasteiger partial charge is 0.0575 e. The minimum Gasteiger partial charge on any atom is -0.378 e. The lowest BCUT2D eigenvalue weighted by Gasteiger charge is -2.24. The highest BCUT2D eigenvalue weighted by Gasteiger charge is 2.18. The lowest BCUT2D eigenvalue weighted by Crippen LogP contribution is -2.18. The van der Waals surface area contributed by atoms with Crippen LogP contribution < -0.4 is 0 Å². The molecule has 2 nitrogen and oxygen atoms in total. The second-order valence-electron chi connectivity index (χ2n) is 15.2. The number of hydrogen-bond donors (Lipinski definition) is 0. The molecule has 45 heavy (non-hydrogen) atoms. The number of unbranched alkanes of at least 4 members (excludes halogenated alkanes) is 18. The number of hydrogen-bond acceptors (Lipinski definition) is 3. The summed E-state index contributed by atoms with van der Waals surface area (Å²) in [4.78, 5) is 0. The van der Waals surface area contributed by atoms with Gasteiger partial charge in [-0.3, -0.25) is 0 Å². The summed E-state index contributed by atoms with van der Waals surface area (Å²) in [5, 5.41) is 1.82. The van der Waals surface area contributed by atoms with Crippen LogP contribution in [0.15, 0.2) is 0 Å². The van der Waals surface area contributed by atoms with Crippen molar-refractivity contribution in [2.24, 2.45) is 0 Å². The maximum Gasteiger partial charge on any atom is 0.0575 e. The van der Waals surface area contributed by atoms with Gasteiger partial charge in [0.15, 0.2) is 0 Å². The first-order valence-corrected chi connectivity index (χ1v) is 22.1. The van der Waals surface area contributed by atoms with Crippen molar-refractivity contribution >= 4 is 11.8 Å². The van der Waals surface area contributed by atoms with E-state index in [2.05, 4.69) is 25.6 Å². The van der Waals surface area contributed by atoms with Gasteiger partial charge in [-0.25, -0.2) is 0 Å². The summed E-state index contributed by atoms with van der Waals surface area (Å²) < 4.78 is 11.9. The van der Waals surface area contributed by atoms with E-state index in [9.17, 15) is 0 Å². The fraction of sp³-hybridized carbons (Fsp3) is 1.00. The quantitative estimate of drug-likeness (QED) is 0.0675. The first kappa shape index (κ1) is 41.4. The highest BCUT2D eigenvalue weighted by atomic mass is 32.2. The largest absolute Gasteiger partial charge is 0.378 e. The minimum absolute atomic E-state index is 0.580. The van der Waals surface area contributed by atoms with E-state index in [1.54, 1.807) is 0 Å². The molecule has 0 saturated carbocycles. The summed E-state index contributed by atoms with van der Waals surface area (Å²) >= 11 is 2.47. The van der Waals surface area contributed by atoms with E-state index < -0.39 is 0 Å². The molecular weight excluding hydrogens is 569 g/mol. The molecule has 0 aliphatic carbocycles. The summed E-state index contributed by atoms with van der Waals surface area (Å²) in [5.74, 6) is 0. The third kappa shape index (κ3) is 25.0. The zero-order chi connectivity index (χ0) is 31.9. The molecule has 0 amide bonds. The van der Waals surface area contributed by atoms with Crippen molar-refractivity contribution in [1.82, 2.24) is 0 Å². The zero-order valence-corrected chi connectivity index (χ0v) is 31.8. The average molecular weight is 651 g/mol. The highest BCUT2D eigenvalue weighted by molar-refractivity contribution is 8.00. The van der Waals surface area contributed by atoms with Gasteiger partial charge in [-0.05, 0) is 77.0 Å². The number of thioether (sulfide) groups is 1. The molecule has 268 valence electrons. The van der Waals surface area contributed by atoms with Crippen LogP contribution in [0, 0.1) is 0 Å². The van der Waals surface area contributed by atoms with Crippen LogP contribution >= 0.6 is 11.8 Å². The van der Waals surface area contributed by atoms with Gasteiger partial charge in [0.2, 0.25) is 0 Å². The third-order valence-corrected chi connectivity index (χ3v) is 12.5. The molecule has 0 spiro atoms. The summed E-state index contributed by atoms with van der Waals surface area (Å²) in [7, 11) is 0. The predicted octanol–water partition coefficient (Wildman–Crippen LogP) is 14.6. The van der Waals surface area contributed by atoms with E-state index in [0.29, 0.717) is 12.2 Å². The van der Waals surface area contributed by atoms with Crippen molar-refractivity contribution in [3.63, 3.8) is 0 Å². The van der Waals surface area contributed by atoms with E-state index in [4.69, 9.17) is 9.47 Å². The van der Waals surface area contributed by atoms with E-state index in [0.717, 1.165) is 23.7 Å². The van der Waals surface area contributed by atoms with E-state index >= 15 is 0 Å². The van der Waals surface area contributed by atoms with Gasteiger partial charge in [-0.15, -0.1) is 0 Å². The Morgan fingerprint density at radius 1 is 0.422 bits per heavy atom. The second kappa shape index (κ2) is 31.5. The van der Waals surface area contributed by atoms with Crippen molar-refractivity contribution in [1.29, 1.82) is 0 Å². The molecule has 2 saturated heterocycles. The van der Waals surface area contributed by atoms with Crippen molar-refractivity contribution < 1.29 is 9.47 Å². The Morgan fingerprint density at radius 3 is 1.09 bits per heavy atom. The molecule has 2 aliphatic rings. The van der Waals surface area contributed by atoms with Crippen molar-refractivity contribution in [2.75, 3.05) is 13.2 Å². The van der Waals surface area contributed by atoms with Gasteiger partial charge in [-0.2, -0.15) is 11.8 Å². The van der Waals surface area contributed by atoms with E-state index in [1.165, 1.54) is 218 Å². The standard InChI is InChI=1S/C42H82O2S/c1-3-5-7-9-15-21-33-41(35-23-17-11-13-19-29-39-31-25-27-37-43-39)45-42(34-22-16-10-8-6-4-2)36-24-18-12-14-20-30-40-32-26-28-38-44-40/h39-42H,3-38H2,1-2H3. The fourth-order valence-corrected chi connectivity index (χ4v) is 9.51. The SMILES string of the molecule is CCCCCCCCC(CCCCCCCC1CCCCO1)SC(CCCCCCCC)CCCCCCCC1CCCCO1. The summed E-state index contributed by atoms with van der Waals surface area (Å²) in [6, 6.07) is 0. The summed E-state index contributed by atoms with van der Waals surface area (Å²) in [6.45, 7) is 6.70. The maximum atomic E-state index is 5.96. The maximum absolute atomic E-state index is 5.96. The first-order chi connectivity index (χ1) is 22.3. The Labute approximate surface area is 288 Å². The topological polar surface area (TPSA) is 18.5 Å². The lowest BCUT2D eigenvalue weighted by atomic mass is 10.0. The Hall–Kier alpha value is 0.270. The van der Waals surface area contributed by atoms with Crippen LogP contribution in [0.1, 0.15) is 232 Å². The predicted molar refractivity (Wildman–Crippen MR) is 203 cm³/mol. The van der Waals surface area contributed by atoms with Crippen LogP contribution in [0.5, 0.6) is 0 Å². The molecule has 0 radical (unpaired) electrons. The molecule has 2 heterocycles. The van der Waals surface area contributed by atoms with Crippen LogP contribution in [0.4, 0.5) is 0 Å². The molecule has 0 aromatic heterocycles. The average Bonchev–Trinajstić information content (AvgIpc) is 3.07. The van der Waals surface area contributed by atoms with E-state index in [1.807, 2.05) is 0 Å². The van der Waals surface area contributed by atoms with Crippen molar-refractivity contribution in [3.05, 3.63) is 0 Å². The number of ether oxygens (including phenoxy) is 2. The molecule has 3 heteroatoms.